The van der Waals surface area contributed by atoms with Crippen LogP contribution in [0, 0.1) is 0 Å². The van der Waals surface area contributed by atoms with Gasteiger partial charge in [0.25, 0.3) is 5.91 Å². The van der Waals surface area contributed by atoms with Gasteiger partial charge in [-0.25, -0.2) is 0 Å². The fourth-order valence-corrected chi connectivity index (χ4v) is 2.47. The summed E-state index contributed by atoms with van der Waals surface area (Å²) in [6.45, 7) is 0.646. The standard InChI is InChI=1S/C18H18N2O3/c21-16-11-20(12-16)17(22)10-19-18(23)15-8-6-14(7-9-15)13-4-2-1-3-5-13/h1-9,16,21H,10-12H2,(H,19,23). The molecule has 3 rings (SSSR count). The zero-order chi connectivity index (χ0) is 16.2. The molecule has 2 aromatic carbocycles. The Bertz CT molecular complexity index is 692. The molecule has 1 aliphatic heterocycles. The number of rotatable bonds is 4. The van der Waals surface area contributed by atoms with E-state index in [9.17, 15) is 9.59 Å². The summed E-state index contributed by atoms with van der Waals surface area (Å²) >= 11 is 0. The third kappa shape index (κ3) is 3.57. The number of carbonyl (C=O) groups excluding carboxylic acids is 2. The van der Waals surface area contributed by atoms with Crippen molar-refractivity contribution in [1.29, 1.82) is 0 Å². The molecule has 0 spiro atoms. The monoisotopic (exact) mass is 310 g/mol. The zero-order valence-electron chi connectivity index (χ0n) is 12.6. The number of nitrogens with zero attached hydrogens (tertiary/aromatic N) is 1. The third-order valence-electron chi connectivity index (χ3n) is 3.87. The number of carbonyl (C=O) groups is 2. The summed E-state index contributed by atoms with van der Waals surface area (Å²) in [6.07, 6.45) is -0.430. The molecule has 1 aliphatic rings. The van der Waals surface area contributed by atoms with Crippen LogP contribution in [0.1, 0.15) is 10.4 Å². The highest BCUT2D eigenvalue weighted by Gasteiger charge is 2.28. The third-order valence-corrected chi connectivity index (χ3v) is 3.87. The molecule has 2 N–H and O–H groups in total. The molecule has 5 nitrogen and oxygen atoms in total. The lowest BCUT2D eigenvalue weighted by Crippen LogP contribution is -2.55. The summed E-state index contributed by atoms with van der Waals surface area (Å²) in [5, 5.41) is 11.8. The van der Waals surface area contributed by atoms with E-state index in [4.69, 9.17) is 5.11 Å². The topological polar surface area (TPSA) is 69.6 Å². The summed E-state index contributed by atoms with van der Waals surface area (Å²) in [5.74, 6) is -0.455. The molecular weight excluding hydrogens is 292 g/mol. The van der Waals surface area contributed by atoms with Crippen LogP contribution in [0.25, 0.3) is 11.1 Å². The van der Waals surface area contributed by atoms with Crippen LogP contribution in [-0.4, -0.2) is 47.6 Å². The van der Waals surface area contributed by atoms with Crippen molar-refractivity contribution in [2.24, 2.45) is 0 Å². The number of nitrogens with one attached hydrogen (secondary N) is 1. The predicted octanol–water partition coefficient (Wildman–Crippen LogP) is 1.29. The van der Waals surface area contributed by atoms with E-state index in [2.05, 4.69) is 5.32 Å². The van der Waals surface area contributed by atoms with Gasteiger partial charge in [0.1, 0.15) is 0 Å². The molecule has 2 amide bonds. The maximum absolute atomic E-state index is 12.1. The Morgan fingerprint density at radius 1 is 1.00 bits per heavy atom. The lowest BCUT2D eigenvalue weighted by Gasteiger charge is -2.35. The summed E-state index contributed by atoms with van der Waals surface area (Å²) in [5.41, 5.74) is 2.64. The SMILES string of the molecule is O=C(NCC(=O)N1CC(O)C1)c1ccc(-c2ccccc2)cc1. The second-order valence-electron chi connectivity index (χ2n) is 5.58. The highest BCUT2D eigenvalue weighted by molar-refractivity contribution is 5.96. The maximum atomic E-state index is 12.1. The molecule has 0 bridgehead atoms. The van der Waals surface area contributed by atoms with Gasteiger partial charge in [0.15, 0.2) is 0 Å². The number of benzene rings is 2. The van der Waals surface area contributed by atoms with Crippen LogP contribution in [-0.2, 0) is 4.79 Å². The second-order valence-corrected chi connectivity index (χ2v) is 5.58. The van der Waals surface area contributed by atoms with Crippen molar-refractivity contribution in [3.05, 3.63) is 60.2 Å². The van der Waals surface area contributed by atoms with E-state index in [0.29, 0.717) is 18.7 Å². The van der Waals surface area contributed by atoms with Gasteiger partial charge in [-0.15, -0.1) is 0 Å². The van der Waals surface area contributed by atoms with Crippen molar-refractivity contribution >= 4 is 11.8 Å². The smallest absolute Gasteiger partial charge is 0.251 e. The molecule has 1 fully saturated rings. The quantitative estimate of drug-likeness (QED) is 0.894. The summed E-state index contributed by atoms with van der Waals surface area (Å²) in [7, 11) is 0. The second kappa shape index (κ2) is 6.62. The van der Waals surface area contributed by atoms with Crippen molar-refractivity contribution in [3.8, 4) is 11.1 Å². The molecule has 0 aromatic heterocycles. The number of likely N-dealkylation sites (tertiary alicyclic amines) is 1. The van der Waals surface area contributed by atoms with Gasteiger partial charge in [-0.2, -0.15) is 0 Å². The molecule has 1 heterocycles. The predicted molar refractivity (Wildman–Crippen MR) is 86.8 cm³/mol. The zero-order valence-corrected chi connectivity index (χ0v) is 12.6. The molecule has 1 saturated heterocycles. The van der Waals surface area contributed by atoms with Crippen LogP contribution in [0.5, 0.6) is 0 Å². The van der Waals surface area contributed by atoms with E-state index in [0.717, 1.165) is 11.1 Å². The van der Waals surface area contributed by atoms with Crippen molar-refractivity contribution in [1.82, 2.24) is 10.2 Å². The molecule has 0 saturated carbocycles. The fourth-order valence-electron chi connectivity index (χ4n) is 2.47. The lowest BCUT2D eigenvalue weighted by molar-refractivity contribution is -0.140. The fraction of sp³-hybridized carbons (Fsp3) is 0.222. The van der Waals surface area contributed by atoms with Crippen LogP contribution in [0.15, 0.2) is 54.6 Å². The number of hydrogen-bond acceptors (Lipinski definition) is 3. The van der Waals surface area contributed by atoms with E-state index >= 15 is 0 Å². The number of hydrogen-bond donors (Lipinski definition) is 2. The van der Waals surface area contributed by atoms with Gasteiger partial charge in [0.2, 0.25) is 5.91 Å². The molecule has 5 heteroatoms. The van der Waals surface area contributed by atoms with Crippen molar-refractivity contribution in [3.63, 3.8) is 0 Å². The van der Waals surface area contributed by atoms with Gasteiger partial charge in [0.05, 0.1) is 12.6 Å². The van der Waals surface area contributed by atoms with Gasteiger partial charge in [-0.1, -0.05) is 42.5 Å². The van der Waals surface area contributed by atoms with E-state index in [-0.39, 0.29) is 18.4 Å². The summed E-state index contributed by atoms with van der Waals surface area (Å²) in [4.78, 5) is 25.3. The first-order valence-corrected chi connectivity index (χ1v) is 7.53. The number of amides is 2. The maximum Gasteiger partial charge on any atom is 0.251 e. The largest absolute Gasteiger partial charge is 0.389 e. The van der Waals surface area contributed by atoms with Gasteiger partial charge in [-0.3, -0.25) is 9.59 Å². The van der Waals surface area contributed by atoms with Gasteiger partial charge in [-0.05, 0) is 23.3 Å². The van der Waals surface area contributed by atoms with E-state index in [1.54, 1.807) is 12.1 Å². The van der Waals surface area contributed by atoms with E-state index < -0.39 is 6.10 Å². The van der Waals surface area contributed by atoms with Crippen LogP contribution in [0.3, 0.4) is 0 Å². The highest BCUT2D eigenvalue weighted by Crippen LogP contribution is 2.19. The van der Waals surface area contributed by atoms with Crippen LogP contribution in [0.2, 0.25) is 0 Å². The van der Waals surface area contributed by atoms with Gasteiger partial charge in [0, 0.05) is 18.7 Å². The number of aliphatic hydroxyl groups excluding tert-OH is 1. The van der Waals surface area contributed by atoms with E-state index in [1.165, 1.54) is 4.90 Å². The van der Waals surface area contributed by atoms with Gasteiger partial charge >= 0.3 is 0 Å². The molecule has 0 unspecified atom stereocenters. The average Bonchev–Trinajstić information content (AvgIpc) is 2.57. The summed E-state index contributed by atoms with van der Waals surface area (Å²) in [6, 6.07) is 17.2. The number of β-amino-alcohol motifs (C(OH)–C–C–N with tert-alkyl or cyclic N) is 1. The van der Waals surface area contributed by atoms with Crippen LogP contribution in [0.4, 0.5) is 0 Å². The molecule has 0 atom stereocenters. The molecule has 23 heavy (non-hydrogen) atoms. The van der Waals surface area contributed by atoms with Crippen molar-refractivity contribution in [2.45, 2.75) is 6.10 Å². The first kappa shape index (κ1) is 15.2. The van der Waals surface area contributed by atoms with Gasteiger partial charge < -0.3 is 15.3 Å². The Labute approximate surface area is 134 Å². The average molecular weight is 310 g/mol. The minimum Gasteiger partial charge on any atom is -0.389 e. The molecule has 0 aliphatic carbocycles. The minimum absolute atomic E-state index is 0.0496. The first-order chi connectivity index (χ1) is 11.1. The lowest BCUT2D eigenvalue weighted by atomic mass is 10.0. The molecule has 0 radical (unpaired) electrons. The van der Waals surface area contributed by atoms with Crippen molar-refractivity contribution in [2.75, 3.05) is 19.6 Å². The molecule has 118 valence electrons. The van der Waals surface area contributed by atoms with E-state index in [1.807, 2.05) is 42.5 Å². The van der Waals surface area contributed by atoms with Crippen LogP contribution >= 0.6 is 0 Å². The Morgan fingerprint density at radius 3 is 2.22 bits per heavy atom. The highest BCUT2D eigenvalue weighted by atomic mass is 16.3. The molecular formula is C18H18N2O3. The van der Waals surface area contributed by atoms with Crippen LogP contribution < -0.4 is 5.32 Å². The first-order valence-electron chi connectivity index (χ1n) is 7.53. The minimum atomic E-state index is -0.430. The van der Waals surface area contributed by atoms with Crippen molar-refractivity contribution < 1.29 is 14.7 Å². The Hall–Kier alpha value is -2.66. The Balaban J connectivity index is 1.56. The number of aliphatic hydroxyl groups is 1. The Kier molecular flexibility index (Phi) is 4.39. The molecule has 2 aromatic rings. The Morgan fingerprint density at radius 2 is 1.61 bits per heavy atom. The normalized spacial score (nSPS) is 14.2. The summed E-state index contributed by atoms with van der Waals surface area (Å²) < 4.78 is 0.